The van der Waals surface area contributed by atoms with Crippen LogP contribution in [0.2, 0.25) is 0 Å². The number of carbonyl (C=O) groups excluding carboxylic acids is 2. The number of carbonyl (C=O) groups is 3. The number of halogens is 6. The molecule has 2 amide bonds. The molecule has 0 saturated heterocycles. The third-order valence-electron chi connectivity index (χ3n) is 5.19. The van der Waals surface area contributed by atoms with E-state index in [4.69, 9.17) is 14.6 Å². The standard InChI is InChI=1S/C27H22F6N2O7/c28-26(29,30)16-40-22-3-1-2-17(14-22)15-35(19-6-4-18(5-7-19)24(38)34-13-12-23(36)37)25(39)41-20-8-10-21(11-9-20)42-27(31,32)33/h1-11,14H,12-13,15-16H2,(H,34,38)(H,36,37). The van der Waals surface area contributed by atoms with Gasteiger partial charge in [0, 0.05) is 17.8 Å². The van der Waals surface area contributed by atoms with Gasteiger partial charge in [0.2, 0.25) is 0 Å². The fourth-order valence-corrected chi connectivity index (χ4v) is 3.39. The van der Waals surface area contributed by atoms with Crippen molar-refractivity contribution in [1.82, 2.24) is 5.32 Å². The Labute approximate surface area is 234 Å². The lowest BCUT2D eigenvalue weighted by Gasteiger charge is -2.23. The first-order valence-corrected chi connectivity index (χ1v) is 11.9. The second-order valence-corrected chi connectivity index (χ2v) is 8.47. The predicted molar refractivity (Wildman–Crippen MR) is 134 cm³/mol. The van der Waals surface area contributed by atoms with Gasteiger partial charge in [-0.25, -0.2) is 4.79 Å². The van der Waals surface area contributed by atoms with E-state index in [0.29, 0.717) is 5.56 Å². The molecule has 3 aromatic carbocycles. The Morgan fingerprint density at radius 3 is 2.07 bits per heavy atom. The van der Waals surface area contributed by atoms with Gasteiger partial charge in [0.05, 0.1) is 13.0 Å². The van der Waals surface area contributed by atoms with Crippen LogP contribution in [0.4, 0.5) is 36.8 Å². The van der Waals surface area contributed by atoms with Gasteiger partial charge in [-0.2, -0.15) is 13.2 Å². The Balaban J connectivity index is 1.82. The Kier molecular flexibility index (Phi) is 10.2. The normalized spacial score (nSPS) is 11.4. The van der Waals surface area contributed by atoms with Crippen molar-refractivity contribution in [3.8, 4) is 17.2 Å². The lowest BCUT2D eigenvalue weighted by molar-refractivity contribution is -0.274. The number of amides is 2. The van der Waals surface area contributed by atoms with Gasteiger partial charge in [0.1, 0.15) is 17.2 Å². The van der Waals surface area contributed by atoms with E-state index in [1.807, 2.05) is 0 Å². The summed E-state index contributed by atoms with van der Waals surface area (Å²) < 4.78 is 88.9. The highest BCUT2D eigenvalue weighted by atomic mass is 19.4. The second kappa shape index (κ2) is 13.6. The maximum atomic E-state index is 13.2. The zero-order valence-electron chi connectivity index (χ0n) is 21.4. The van der Waals surface area contributed by atoms with E-state index >= 15 is 0 Å². The van der Waals surface area contributed by atoms with Crippen LogP contribution in [0.1, 0.15) is 22.3 Å². The molecule has 224 valence electrons. The van der Waals surface area contributed by atoms with Crippen LogP contribution in [0.15, 0.2) is 72.8 Å². The molecule has 42 heavy (non-hydrogen) atoms. The molecule has 0 aliphatic carbocycles. The van der Waals surface area contributed by atoms with E-state index in [9.17, 15) is 40.7 Å². The third kappa shape index (κ3) is 10.6. The molecule has 0 fully saturated rings. The van der Waals surface area contributed by atoms with Gasteiger partial charge in [-0.15, -0.1) is 13.2 Å². The Hall–Kier alpha value is -4.95. The molecule has 0 saturated carbocycles. The lowest BCUT2D eigenvalue weighted by atomic mass is 10.1. The van der Waals surface area contributed by atoms with Crippen LogP contribution in [-0.2, 0) is 11.3 Å². The molecule has 0 spiro atoms. The number of rotatable bonds is 11. The Morgan fingerprint density at radius 1 is 0.833 bits per heavy atom. The molecule has 3 rings (SSSR count). The number of nitrogens with one attached hydrogen (secondary N) is 1. The minimum atomic E-state index is -4.92. The SMILES string of the molecule is O=C(O)CCNC(=O)c1ccc(N(Cc2cccc(OCC(F)(F)F)c2)C(=O)Oc2ccc(OC(F)(F)F)cc2)cc1. The van der Waals surface area contributed by atoms with Crippen molar-refractivity contribution in [2.45, 2.75) is 25.5 Å². The van der Waals surface area contributed by atoms with Crippen LogP contribution in [-0.4, -0.2) is 48.8 Å². The topological polar surface area (TPSA) is 114 Å². The monoisotopic (exact) mass is 600 g/mol. The Bertz CT molecular complexity index is 1380. The maximum Gasteiger partial charge on any atom is 0.573 e. The van der Waals surface area contributed by atoms with Gasteiger partial charge in [-0.1, -0.05) is 12.1 Å². The van der Waals surface area contributed by atoms with Crippen LogP contribution in [0, 0.1) is 0 Å². The number of alkyl halides is 6. The summed E-state index contributed by atoms with van der Waals surface area (Å²) in [6.45, 7) is -1.90. The van der Waals surface area contributed by atoms with Gasteiger partial charge in [-0.05, 0) is 66.2 Å². The van der Waals surface area contributed by atoms with Crippen LogP contribution in [0.3, 0.4) is 0 Å². The van der Waals surface area contributed by atoms with E-state index < -0.39 is 42.9 Å². The van der Waals surface area contributed by atoms with Gasteiger partial charge in [-0.3, -0.25) is 14.5 Å². The molecule has 3 aromatic rings. The van der Waals surface area contributed by atoms with Crippen molar-refractivity contribution in [2.24, 2.45) is 0 Å². The van der Waals surface area contributed by atoms with Crippen molar-refractivity contribution >= 4 is 23.7 Å². The minimum Gasteiger partial charge on any atom is -0.484 e. The van der Waals surface area contributed by atoms with Crippen LogP contribution in [0.25, 0.3) is 0 Å². The van der Waals surface area contributed by atoms with E-state index in [2.05, 4.69) is 10.1 Å². The number of nitrogens with zero attached hydrogens (tertiary/aromatic N) is 1. The Morgan fingerprint density at radius 2 is 1.48 bits per heavy atom. The van der Waals surface area contributed by atoms with Crippen molar-refractivity contribution in [3.05, 3.63) is 83.9 Å². The van der Waals surface area contributed by atoms with Crippen molar-refractivity contribution in [3.63, 3.8) is 0 Å². The van der Waals surface area contributed by atoms with Gasteiger partial charge in [0.15, 0.2) is 6.61 Å². The number of carboxylic acids is 1. The minimum absolute atomic E-state index is 0.117. The molecule has 0 unspecified atom stereocenters. The zero-order chi connectivity index (χ0) is 30.9. The number of aliphatic carboxylic acids is 1. The first-order valence-electron chi connectivity index (χ1n) is 11.9. The van der Waals surface area contributed by atoms with E-state index in [0.717, 1.165) is 29.2 Å². The highest BCUT2D eigenvalue weighted by molar-refractivity contribution is 5.95. The van der Waals surface area contributed by atoms with E-state index in [-0.39, 0.29) is 42.3 Å². The first kappa shape index (κ1) is 31.6. The molecular formula is C27H22F6N2O7. The zero-order valence-corrected chi connectivity index (χ0v) is 21.4. The molecule has 0 heterocycles. The predicted octanol–water partition coefficient (Wildman–Crippen LogP) is 5.94. The molecule has 0 atom stereocenters. The van der Waals surface area contributed by atoms with Crippen molar-refractivity contribution in [2.75, 3.05) is 18.1 Å². The summed E-state index contributed by atoms with van der Waals surface area (Å²) in [6, 6.07) is 14.9. The van der Waals surface area contributed by atoms with Crippen molar-refractivity contribution in [1.29, 1.82) is 0 Å². The number of anilines is 1. The van der Waals surface area contributed by atoms with E-state index in [1.165, 1.54) is 48.5 Å². The molecule has 0 radical (unpaired) electrons. The van der Waals surface area contributed by atoms with Gasteiger partial charge >= 0.3 is 24.6 Å². The summed E-state index contributed by atoms with van der Waals surface area (Å²) >= 11 is 0. The number of hydrogen-bond acceptors (Lipinski definition) is 6. The van der Waals surface area contributed by atoms with E-state index in [1.54, 1.807) is 0 Å². The fraction of sp³-hybridized carbons (Fsp3) is 0.222. The van der Waals surface area contributed by atoms with Crippen molar-refractivity contribution < 1.29 is 60.0 Å². The summed E-state index contributed by atoms with van der Waals surface area (Å²) in [5, 5.41) is 11.1. The summed E-state index contributed by atoms with van der Waals surface area (Å²) in [4.78, 5) is 37.2. The molecule has 0 bridgehead atoms. The maximum absolute atomic E-state index is 13.2. The highest BCUT2D eigenvalue weighted by Gasteiger charge is 2.31. The quantitative estimate of drug-likeness (QED) is 0.262. The molecule has 0 aliphatic heterocycles. The van der Waals surface area contributed by atoms with Crippen LogP contribution < -0.4 is 24.4 Å². The lowest BCUT2D eigenvalue weighted by Crippen LogP contribution is -2.33. The first-order chi connectivity index (χ1) is 19.7. The summed E-state index contributed by atoms with van der Waals surface area (Å²) in [7, 11) is 0. The second-order valence-electron chi connectivity index (χ2n) is 8.47. The largest absolute Gasteiger partial charge is 0.573 e. The number of hydrogen-bond donors (Lipinski definition) is 2. The molecule has 0 aliphatic rings. The smallest absolute Gasteiger partial charge is 0.484 e. The molecule has 2 N–H and O–H groups in total. The van der Waals surface area contributed by atoms with Crippen LogP contribution >= 0.6 is 0 Å². The summed E-state index contributed by atoms with van der Waals surface area (Å²) in [5.74, 6) is -2.49. The highest BCUT2D eigenvalue weighted by Crippen LogP contribution is 2.27. The average Bonchev–Trinajstić information content (AvgIpc) is 2.90. The third-order valence-corrected chi connectivity index (χ3v) is 5.19. The molecule has 0 aromatic heterocycles. The fourth-order valence-electron chi connectivity index (χ4n) is 3.39. The number of ether oxygens (including phenoxy) is 3. The molecular weight excluding hydrogens is 578 g/mol. The number of carboxylic acid groups (broad SMARTS) is 1. The molecule has 9 nitrogen and oxygen atoms in total. The van der Waals surface area contributed by atoms with Gasteiger partial charge < -0.3 is 24.6 Å². The number of benzene rings is 3. The van der Waals surface area contributed by atoms with Crippen LogP contribution in [0.5, 0.6) is 17.2 Å². The van der Waals surface area contributed by atoms with Gasteiger partial charge in [0.25, 0.3) is 5.91 Å². The average molecular weight is 600 g/mol. The summed E-state index contributed by atoms with van der Waals surface area (Å²) in [5.41, 5.74) is 0.650. The molecule has 15 heteroatoms. The summed E-state index contributed by atoms with van der Waals surface area (Å²) in [6.07, 6.45) is -10.8.